The van der Waals surface area contributed by atoms with Crippen molar-refractivity contribution in [2.75, 3.05) is 44.2 Å². The molecule has 154 valence electrons. The van der Waals surface area contributed by atoms with E-state index >= 15 is 0 Å². The predicted molar refractivity (Wildman–Crippen MR) is 106 cm³/mol. The van der Waals surface area contributed by atoms with Gasteiger partial charge in [0.15, 0.2) is 11.1 Å². The summed E-state index contributed by atoms with van der Waals surface area (Å²) in [6, 6.07) is 6.33. The number of ether oxygens (including phenoxy) is 1. The van der Waals surface area contributed by atoms with Crippen LogP contribution in [0.4, 0.5) is 10.5 Å². The Morgan fingerprint density at radius 3 is 2.39 bits per heavy atom. The topological polar surface area (TPSA) is 90.4 Å². The van der Waals surface area contributed by atoms with Crippen molar-refractivity contribution < 1.29 is 23.1 Å². The van der Waals surface area contributed by atoms with Gasteiger partial charge in [0.1, 0.15) is 0 Å². The number of carbonyl (C=O) groups is 2. The van der Waals surface area contributed by atoms with Gasteiger partial charge in [-0.05, 0) is 36.6 Å². The van der Waals surface area contributed by atoms with E-state index < -0.39 is 11.1 Å². The van der Waals surface area contributed by atoms with Crippen LogP contribution in [-0.2, 0) is 20.6 Å². The summed E-state index contributed by atoms with van der Waals surface area (Å²) in [5, 5.41) is 0. The third-order valence-corrected chi connectivity index (χ3v) is 5.76. The van der Waals surface area contributed by atoms with Crippen LogP contribution >= 0.6 is 0 Å². The number of nitrogens with zero attached hydrogens (tertiary/aromatic N) is 3. The van der Waals surface area contributed by atoms with E-state index in [0.717, 1.165) is 12.1 Å². The van der Waals surface area contributed by atoms with E-state index in [1.165, 1.54) is 0 Å². The van der Waals surface area contributed by atoms with Crippen molar-refractivity contribution in [2.24, 2.45) is 5.92 Å². The number of amides is 2. The van der Waals surface area contributed by atoms with E-state index in [4.69, 9.17) is 9.29 Å². The predicted octanol–water partition coefficient (Wildman–Crippen LogP) is 1.78. The van der Waals surface area contributed by atoms with Crippen molar-refractivity contribution in [3.05, 3.63) is 24.3 Å². The van der Waals surface area contributed by atoms with Gasteiger partial charge in [0, 0.05) is 38.4 Å². The molecule has 2 saturated heterocycles. The van der Waals surface area contributed by atoms with Crippen LogP contribution < -0.4 is 4.90 Å². The molecule has 0 bridgehead atoms. The lowest BCUT2D eigenvalue weighted by molar-refractivity contribution is -0.122. The van der Waals surface area contributed by atoms with E-state index in [2.05, 4.69) is 4.90 Å². The van der Waals surface area contributed by atoms with Gasteiger partial charge >= 0.3 is 6.09 Å². The van der Waals surface area contributed by atoms with Gasteiger partial charge in [0.05, 0.1) is 17.5 Å². The van der Waals surface area contributed by atoms with Crippen LogP contribution in [0.1, 0.15) is 20.3 Å². The van der Waals surface area contributed by atoms with E-state index in [0.29, 0.717) is 50.1 Å². The molecule has 0 saturated carbocycles. The molecule has 2 heterocycles. The van der Waals surface area contributed by atoms with Gasteiger partial charge in [0.2, 0.25) is 5.91 Å². The fourth-order valence-electron chi connectivity index (χ4n) is 3.55. The molecular weight excluding hydrogens is 382 g/mol. The first kappa shape index (κ1) is 20.8. The van der Waals surface area contributed by atoms with Crippen LogP contribution in [0.15, 0.2) is 29.2 Å². The lowest BCUT2D eigenvalue weighted by Gasteiger charge is -2.36. The highest BCUT2D eigenvalue weighted by Crippen LogP contribution is 2.26. The summed E-state index contributed by atoms with van der Waals surface area (Å²) < 4.78 is 25.5. The van der Waals surface area contributed by atoms with Gasteiger partial charge in [0.25, 0.3) is 0 Å². The number of benzene rings is 1. The van der Waals surface area contributed by atoms with Gasteiger partial charge in [-0.2, -0.15) is 0 Å². The molecule has 2 fully saturated rings. The smallest absolute Gasteiger partial charge is 0.409 e. The van der Waals surface area contributed by atoms with Crippen LogP contribution in [0.25, 0.3) is 0 Å². The molecule has 8 nitrogen and oxygen atoms in total. The number of carbonyl (C=O) groups excluding carboxylic acids is 2. The maximum atomic E-state index is 12.9. The molecule has 3 rings (SSSR count). The Labute approximate surface area is 167 Å². The second-order valence-electron chi connectivity index (χ2n) is 7.53. The maximum Gasteiger partial charge on any atom is 0.409 e. The molecule has 0 aromatic heterocycles. The first-order valence-electron chi connectivity index (χ1n) is 9.55. The molecular formula is C19H27N3O5S. The molecule has 1 aromatic carbocycles. The van der Waals surface area contributed by atoms with Crippen LogP contribution in [0.5, 0.6) is 0 Å². The summed E-state index contributed by atoms with van der Waals surface area (Å²) in [6.07, 6.45) is 0.443. The minimum absolute atomic E-state index is 0.0358. The molecule has 0 spiro atoms. The third kappa shape index (κ3) is 4.71. The number of rotatable bonds is 5. The lowest BCUT2D eigenvalue weighted by atomic mass is 10.2. The second-order valence-corrected chi connectivity index (χ2v) is 8.50. The van der Waals surface area contributed by atoms with Gasteiger partial charge < -0.3 is 19.1 Å². The van der Waals surface area contributed by atoms with Crippen LogP contribution in [-0.4, -0.2) is 75.9 Å². The fourth-order valence-corrected chi connectivity index (χ4v) is 3.92. The first-order valence-corrected chi connectivity index (χ1v) is 10.7. The standard InChI is InChI=1S/C19H27N3O5S/c1-14(2)13-27-19(24)21-11-9-20(10-12-21)17-7-8-22(18(17)23)15-3-5-16(6-4-15)28(25)26/h3-6,14,17H,7-13H2,1-2H3,(H,25,26)/t17-/m0/s1. The zero-order valence-electron chi connectivity index (χ0n) is 16.2. The highest BCUT2D eigenvalue weighted by Gasteiger charge is 2.38. The molecule has 1 aromatic rings. The van der Waals surface area contributed by atoms with Crippen molar-refractivity contribution >= 4 is 28.8 Å². The van der Waals surface area contributed by atoms with Crippen molar-refractivity contribution in [1.82, 2.24) is 9.80 Å². The minimum atomic E-state index is -2.02. The minimum Gasteiger partial charge on any atom is -0.449 e. The van der Waals surface area contributed by atoms with Gasteiger partial charge in [-0.1, -0.05) is 13.8 Å². The Morgan fingerprint density at radius 1 is 1.18 bits per heavy atom. The molecule has 2 aliphatic heterocycles. The molecule has 2 aliphatic rings. The van der Waals surface area contributed by atoms with E-state index in [9.17, 15) is 13.8 Å². The lowest BCUT2D eigenvalue weighted by Crippen LogP contribution is -2.54. The van der Waals surface area contributed by atoms with Gasteiger partial charge in [-0.3, -0.25) is 9.69 Å². The fraction of sp³-hybridized carbons (Fsp3) is 0.579. The summed E-state index contributed by atoms with van der Waals surface area (Å²) in [5.74, 6) is 0.340. The Bertz CT molecular complexity index is 732. The molecule has 0 radical (unpaired) electrons. The summed E-state index contributed by atoms with van der Waals surface area (Å²) in [6.45, 7) is 7.42. The molecule has 0 aliphatic carbocycles. The normalized spacial score (nSPS) is 22.0. The van der Waals surface area contributed by atoms with E-state index in [1.54, 1.807) is 34.1 Å². The quantitative estimate of drug-likeness (QED) is 0.746. The van der Waals surface area contributed by atoms with Crippen molar-refractivity contribution in [3.63, 3.8) is 0 Å². The van der Waals surface area contributed by atoms with E-state index in [1.807, 2.05) is 13.8 Å². The number of piperazine rings is 1. The molecule has 28 heavy (non-hydrogen) atoms. The van der Waals surface area contributed by atoms with Crippen molar-refractivity contribution in [3.8, 4) is 0 Å². The van der Waals surface area contributed by atoms with Crippen LogP contribution in [0, 0.1) is 5.92 Å². The average Bonchev–Trinajstić information content (AvgIpc) is 3.07. The summed E-state index contributed by atoms with van der Waals surface area (Å²) in [4.78, 5) is 30.8. The van der Waals surface area contributed by atoms with Crippen LogP contribution in [0.2, 0.25) is 0 Å². The average molecular weight is 410 g/mol. The molecule has 1 unspecified atom stereocenters. The maximum absolute atomic E-state index is 12.9. The zero-order valence-corrected chi connectivity index (χ0v) is 17.1. The zero-order chi connectivity index (χ0) is 20.3. The Balaban J connectivity index is 1.54. The SMILES string of the molecule is CC(C)COC(=O)N1CCN([C@H]2CCN(c3ccc(S(=O)O)cc3)C2=O)CC1. The molecule has 2 atom stereocenters. The van der Waals surface area contributed by atoms with Crippen molar-refractivity contribution in [1.29, 1.82) is 0 Å². The summed E-state index contributed by atoms with van der Waals surface area (Å²) in [5.41, 5.74) is 0.734. The highest BCUT2D eigenvalue weighted by molar-refractivity contribution is 7.79. The molecule has 9 heteroatoms. The Kier molecular flexibility index (Phi) is 6.69. The highest BCUT2D eigenvalue weighted by atomic mass is 32.2. The molecule has 1 N–H and O–H groups in total. The number of hydrogen-bond donors (Lipinski definition) is 1. The van der Waals surface area contributed by atoms with E-state index in [-0.39, 0.29) is 18.0 Å². The summed E-state index contributed by atoms with van der Waals surface area (Å²) >= 11 is -2.02. The van der Waals surface area contributed by atoms with Gasteiger partial charge in [-0.25, -0.2) is 9.00 Å². The second kappa shape index (κ2) is 9.02. The summed E-state index contributed by atoms with van der Waals surface area (Å²) in [7, 11) is 0. The van der Waals surface area contributed by atoms with Crippen molar-refractivity contribution in [2.45, 2.75) is 31.2 Å². The third-order valence-electron chi connectivity index (χ3n) is 5.08. The Hall–Kier alpha value is -1.97. The van der Waals surface area contributed by atoms with Gasteiger partial charge in [-0.15, -0.1) is 0 Å². The first-order chi connectivity index (χ1) is 13.4. The molecule has 2 amide bonds. The number of anilines is 1. The number of hydrogen-bond acceptors (Lipinski definition) is 5. The monoisotopic (exact) mass is 409 g/mol. The largest absolute Gasteiger partial charge is 0.449 e. The Morgan fingerprint density at radius 2 is 1.82 bits per heavy atom. The van der Waals surface area contributed by atoms with Crippen LogP contribution in [0.3, 0.4) is 0 Å².